The van der Waals surface area contributed by atoms with E-state index in [0.29, 0.717) is 21.6 Å². The molecule has 0 aliphatic heterocycles. The van der Waals surface area contributed by atoms with E-state index in [-0.39, 0.29) is 11.9 Å². The van der Waals surface area contributed by atoms with Crippen molar-refractivity contribution >= 4 is 28.6 Å². The quantitative estimate of drug-likeness (QED) is 0.757. The van der Waals surface area contributed by atoms with E-state index in [1.807, 2.05) is 25.3 Å². The van der Waals surface area contributed by atoms with Gasteiger partial charge in [0.25, 0.3) is 5.91 Å². The van der Waals surface area contributed by atoms with Crippen molar-refractivity contribution in [2.24, 2.45) is 5.92 Å². The van der Waals surface area contributed by atoms with Crippen LogP contribution in [-0.2, 0) is 0 Å². The largest absolute Gasteiger partial charge is 0.462 e. The van der Waals surface area contributed by atoms with Gasteiger partial charge in [0.1, 0.15) is 9.88 Å². The summed E-state index contributed by atoms with van der Waals surface area (Å²) in [6, 6.07) is 3.66. The number of carbonyl (C=O) groups excluding carboxylic acids is 1. The Bertz CT molecular complexity index is 818. The van der Waals surface area contributed by atoms with Crippen molar-refractivity contribution < 1.29 is 9.21 Å². The molecule has 1 unspecified atom stereocenters. The predicted molar refractivity (Wildman–Crippen MR) is 89.6 cm³/mol. The molecule has 0 aromatic carbocycles. The van der Waals surface area contributed by atoms with Gasteiger partial charge in [-0.15, -0.1) is 22.7 Å². The summed E-state index contributed by atoms with van der Waals surface area (Å²) in [5, 5.41) is 4.84. The summed E-state index contributed by atoms with van der Waals surface area (Å²) in [7, 11) is 0. The molecule has 3 aromatic heterocycles. The first kappa shape index (κ1) is 14.6. The summed E-state index contributed by atoms with van der Waals surface area (Å²) in [5.41, 5.74) is 0. The van der Waals surface area contributed by atoms with Crippen molar-refractivity contribution in [3.8, 4) is 10.8 Å². The van der Waals surface area contributed by atoms with Crippen LogP contribution in [0.3, 0.4) is 0 Å². The Labute approximate surface area is 141 Å². The first-order valence-electron chi connectivity index (χ1n) is 7.43. The van der Waals surface area contributed by atoms with Gasteiger partial charge in [-0.1, -0.05) is 0 Å². The molecule has 7 heteroatoms. The SMILES string of the molecule is Cc1cnc(C(NC(=O)c2cnc(-c3ccco3)s2)C2CC2)s1. The lowest BCUT2D eigenvalue weighted by Gasteiger charge is -2.14. The van der Waals surface area contributed by atoms with Crippen LogP contribution in [0.5, 0.6) is 0 Å². The minimum atomic E-state index is -0.0925. The molecule has 1 aliphatic carbocycles. The molecule has 0 saturated heterocycles. The van der Waals surface area contributed by atoms with Crippen molar-refractivity contribution in [2.75, 3.05) is 0 Å². The Hall–Kier alpha value is -1.99. The minimum absolute atomic E-state index is 0.00960. The number of carbonyl (C=O) groups is 1. The molecule has 23 heavy (non-hydrogen) atoms. The van der Waals surface area contributed by atoms with Gasteiger partial charge in [-0.05, 0) is 37.8 Å². The van der Waals surface area contributed by atoms with E-state index in [0.717, 1.165) is 22.7 Å². The summed E-state index contributed by atoms with van der Waals surface area (Å²) >= 11 is 2.99. The van der Waals surface area contributed by atoms with Crippen LogP contribution in [0.4, 0.5) is 0 Å². The van der Waals surface area contributed by atoms with Crippen LogP contribution in [0.1, 0.15) is 38.4 Å². The van der Waals surface area contributed by atoms with Crippen molar-refractivity contribution in [1.29, 1.82) is 0 Å². The number of aryl methyl sites for hydroxylation is 1. The third-order valence-corrected chi connectivity index (χ3v) is 5.75. The lowest BCUT2D eigenvalue weighted by atomic mass is 10.2. The molecule has 4 rings (SSSR count). The molecule has 1 fully saturated rings. The van der Waals surface area contributed by atoms with Crippen molar-refractivity contribution in [1.82, 2.24) is 15.3 Å². The van der Waals surface area contributed by atoms with E-state index in [4.69, 9.17) is 4.42 Å². The standard InChI is InChI=1S/C16H15N3O2S2/c1-9-7-17-16(22-9)13(10-4-5-10)19-14(20)12-8-18-15(23-12)11-3-2-6-21-11/h2-3,6-8,10,13H,4-5H2,1H3,(H,19,20). The Morgan fingerprint density at radius 2 is 2.22 bits per heavy atom. The number of hydrogen-bond donors (Lipinski definition) is 1. The van der Waals surface area contributed by atoms with Crippen molar-refractivity contribution in [3.63, 3.8) is 0 Å². The Morgan fingerprint density at radius 1 is 1.35 bits per heavy atom. The van der Waals surface area contributed by atoms with E-state index in [1.54, 1.807) is 23.8 Å². The van der Waals surface area contributed by atoms with Gasteiger partial charge < -0.3 is 9.73 Å². The zero-order chi connectivity index (χ0) is 15.8. The van der Waals surface area contributed by atoms with Gasteiger partial charge in [0, 0.05) is 11.1 Å². The van der Waals surface area contributed by atoms with Gasteiger partial charge in [-0.3, -0.25) is 4.79 Å². The predicted octanol–water partition coefficient (Wildman–Crippen LogP) is 4.05. The average Bonchev–Trinajstić information content (AvgIpc) is 2.99. The molecule has 1 N–H and O–H groups in total. The zero-order valence-electron chi connectivity index (χ0n) is 12.5. The van der Waals surface area contributed by atoms with E-state index in [1.165, 1.54) is 11.3 Å². The van der Waals surface area contributed by atoms with Crippen LogP contribution >= 0.6 is 22.7 Å². The fraction of sp³-hybridized carbons (Fsp3) is 0.312. The molecule has 1 saturated carbocycles. The molecule has 3 heterocycles. The van der Waals surface area contributed by atoms with Crippen molar-refractivity contribution in [2.45, 2.75) is 25.8 Å². The maximum atomic E-state index is 12.6. The molecule has 118 valence electrons. The maximum Gasteiger partial charge on any atom is 0.263 e. The van der Waals surface area contributed by atoms with Gasteiger partial charge >= 0.3 is 0 Å². The first-order chi connectivity index (χ1) is 11.2. The monoisotopic (exact) mass is 345 g/mol. The number of nitrogens with zero attached hydrogens (tertiary/aromatic N) is 2. The lowest BCUT2D eigenvalue weighted by Crippen LogP contribution is -2.29. The van der Waals surface area contributed by atoms with Crippen LogP contribution in [0.15, 0.2) is 35.2 Å². The number of furan rings is 1. The second kappa shape index (κ2) is 5.90. The van der Waals surface area contributed by atoms with E-state index >= 15 is 0 Å². The number of aromatic nitrogens is 2. The number of amides is 1. The van der Waals surface area contributed by atoms with Crippen molar-refractivity contribution in [3.05, 3.63) is 45.6 Å². The van der Waals surface area contributed by atoms with Gasteiger partial charge in [0.05, 0.1) is 18.5 Å². The lowest BCUT2D eigenvalue weighted by molar-refractivity contribution is 0.0935. The second-order valence-corrected chi connectivity index (χ2v) is 7.90. The fourth-order valence-electron chi connectivity index (χ4n) is 2.43. The smallest absolute Gasteiger partial charge is 0.263 e. The molecule has 0 spiro atoms. The van der Waals surface area contributed by atoms with Gasteiger partial charge in [-0.2, -0.15) is 0 Å². The van der Waals surface area contributed by atoms with Crippen LogP contribution in [0, 0.1) is 12.8 Å². The van der Waals surface area contributed by atoms with Crippen LogP contribution in [0.25, 0.3) is 10.8 Å². The number of thiazole rings is 2. The molecule has 0 radical (unpaired) electrons. The molecule has 0 bridgehead atoms. The highest BCUT2D eigenvalue weighted by Gasteiger charge is 2.35. The van der Waals surface area contributed by atoms with Crippen LogP contribution < -0.4 is 5.32 Å². The molecule has 1 aliphatic rings. The van der Waals surface area contributed by atoms with Gasteiger partial charge in [0.2, 0.25) is 0 Å². The summed E-state index contributed by atoms with van der Waals surface area (Å²) in [6.45, 7) is 2.03. The topological polar surface area (TPSA) is 68.0 Å². The second-order valence-electron chi connectivity index (χ2n) is 5.60. The van der Waals surface area contributed by atoms with Gasteiger partial charge in [-0.25, -0.2) is 9.97 Å². The number of nitrogens with one attached hydrogen (secondary N) is 1. The normalized spacial score (nSPS) is 15.5. The zero-order valence-corrected chi connectivity index (χ0v) is 14.1. The average molecular weight is 345 g/mol. The number of rotatable bonds is 5. The van der Waals surface area contributed by atoms with E-state index in [2.05, 4.69) is 15.3 Å². The summed E-state index contributed by atoms with van der Waals surface area (Å²) < 4.78 is 5.32. The fourth-order valence-corrected chi connectivity index (χ4v) is 4.14. The highest BCUT2D eigenvalue weighted by Crippen LogP contribution is 2.42. The number of hydrogen-bond acceptors (Lipinski definition) is 6. The van der Waals surface area contributed by atoms with Crippen LogP contribution in [0.2, 0.25) is 0 Å². The Kier molecular flexibility index (Phi) is 3.74. The van der Waals surface area contributed by atoms with Gasteiger partial charge in [0.15, 0.2) is 10.8 Å². The molecule has 3 aromatic rings. The third kappa shape index (κ3) is 3.07. The molecular weight excluding hydrogens is 330 g/mol. The first-order valence-corrected chi connectivity index (χ1v) is 9.07. The minimum Gasteiger partial charge on any atom is -0.462 e. The summed E-state index contributed by atoms with van der Waals surface area (Å²) in [5.74, 6) is 1.09. The highest BCUT2D eigenvalue weighted by molar-refractivity contribution is 7.16. The van der Waals surface area contributed by atoms with Crippen LogP contribution in [-0.4, -0.2) is 15.9 Å². The Balaban J connectivity index is 1.52. The molecule has 1 amide bonds. The molecule has 5 nitrogen and oxygen atoms in total. The third-order valence-electron chi connectivity index (χ3n) is 3.75. The molecule has 1 atom stereocenters. The van der Waals surface area contributed by atoms with E-state index < -0.39 is 0 Å². The Morgan fingerprint density at radius 3 is 2.87 bits per heavy atom. The summed E-state index contributed by atoms with van der Waals surface area (Å²) in [4.78, 5) is 23.0. The summed E-state index contributed by atoms with van der Waals surface area (Å²) in [6.07, 6.45) is 7.36. The van der Waals surface area contributed by atoms with E-state index in [9.17, 15) is 4.79 Å². The molecular formula is C16H15N3O2S2. The highest BCUT2D eigenvalue weighted by atomic mass is 32.1. The maximum absolute atomic E-state index is 12.6.